The predicted molar refractivity (Wildman–Crippen MR) is 90.9 cm³/mol. The van der Waals surface area contributed by atoms with Crippen LogP contribution in [0.1, 0.15) is 28.9 Å². The smallest absolute Gasteiger partial charge is 0.255 e. The molecule has 122 valence electrons. The first-order valence-corrected chi connectivity index (χ1v) is 6.90. The summed E-state index contributed by atoms with van der Waals surface area (Å²) in [5, 5.41) is 5.25. The van der Waals surface area contributed by atoms with E-state index in [0.29, 0.717) is 12.1 Å². The average molecular weight is 346 g/mol. The minimum Gasteiger partial charge on any atom is -0.337 e. The Hall–Kier alpha value is -1.37. The maximum atomic E-state index is 12.5. The lowest BCUT2D eigenvalue weighted by atomic mass is 10.1. The second-order valence-electron chi connectivity index (χ2n) is 5.46. The van der Waals surface area contributed by atoms with Crippen LogP contribution in [0.5, 0.6) is 0 Å². The van der Waals surface area contributed by atoms with Crippen molar-refractivity contribution >= 4 is 41.8 Å². The molecule has 1 saturated heterocycles. The van der Waals surface area contributed by atoms with Gasteiger partial charge in [-0.2, -0.15) is 5.10 Å². The fourth-order valence-corrected chi connectivity index (χ4v) is 2.80. The number of carbonyl (C=O) groups excluding carboxylic acids is 1. The highest BCUT2D eigenvalue weighted by Gasteiger charge is 2.23. The zero-order valence-electron chi connectivity index (χ0n) is 12.7. The third-order valence-electron chi connectivity index (χ3n) is 3.85. The van der Waals surface area contributed by atoms with E-state index >= 15 is 0 Å². The number of hydrogen-bond acceptors (Lipinski definition) is 4. The van der Waals surface area contributed by atoms with Gasteiger partial charge in [0, 0.05) is 37.8 Å². The van der Waals surface area contributed by atoms with E-state index in [4.69, 9.17) is 5.73 Å². The number of carbonyl (C=O) groups is 1. The number of likely N-dealkylation sites (tertiary alicyclic amines) is 1. The first-order valence-electron chi connectivity index (χ1n) is 6.90. The number of fused-ring (bicyclic) bond motifs is 1. The van der Waals surface area contributed by atoms with Crippen molar-refractivity contribution in [3.05, 3.63) is 23.5 Å². The van der Waals surface area contributed by atoms with Crippen molar-refractivity contribution in [2.75, 3.05) is 13.1 Å². The number of rotatable bonds is 1. The van der Waals surface area contributed by atoms with Gasteiger partial charge < -0.3 is 10.6 Å². The number of aryl methyl sites for hydroxylation is 2. The van der Waals surface area contributed by atoms with Crippen molar-refractivity contribution in [1.29, 1.82) is 0 Å². The molecule has 1 unspecified atom stereocenters. The van der Waals surface area contributed by atoms with Gasteiger partial charge in [0.05, 0.1) is 11.3 Å². The molecule has 0 saturated carbocycles. The normalized spacial score (nSPS) is 17.8. The lowest BCUT2D eigenvalue weighted by Crippen LogP contribution is -2.45. The summed E-state index contributed by atoms with van der Waals surface area (Å²) in [5.74, 6) is 0.0119. The molecule has 3 rings (SSSR count). The standard InChI is InChI=1S/C14H19N5O.2ClH/c1-9-12-6-10(7-16-13(12)18(2)17-9)14(20)19-5-3-4-11(15)8-19;;/h6-7,11H,3-5,8,15H2,1-2H3;2*1H. The van der Waals surface area contributed by atoms with Crippen LogP contribution in [-0.4, -0.2) is 44.7 Å². The zero-order valence-corrected chi connectivity index (χ0v) is 14.3. The Morgan fingerprint density at radius 1 is 1.41 bits per heavy atom. The Kier molecular flexibility index (Phi) is 6.17. The zero-order chi connectivity index (χ0) is 14.3. The Morgan fingerprint density at radius 2 is 2.14 bits per heavy atom. The summed E-state index contributed by atoms with van der Waals surface area (Å²) in [6.07, 6.45) is 3.59. The maximum absolute atomic E-state index is 12.5. The molecule has 1 aliphatic rings. The quantitative estimate of drug-likeness (QED) is 0.852. The molecule has 1 atom stereocenters. The van der Waals surface area contributed by atoms with Crippen molar-refractivity contribution in [3.63, 3.8) is 0 Å². The summed E-state index contributed by atoms with van der Waals surface area (Å²) in [6, 6.07) is 1.97. The molecule has 2 N–H and O–H groups in total. The van der Waals surface area contributed by atoms with Gasteiger partial charge in [0.2, 0.25) is 0 Å². The van der Waals surface area contributed by atoms with Crippen LogP contribution in [0.25, 0.3) is 11.0 Å². The summed E-state index contributed by atoms with van der Waals surface area (Å²) >= 11 is 0. The van der Waals surface area contributed by atoms with Crippen LogP contribution < -0.4 is 5.73 Å². The van der Waals surface area contributed by atoms with E-state index in [0.717, 1.165) is 36.1 Å². The van der Waals surface area contributed by atoms with Gasteiger partial charge in [-0.3, -0.25) is 9.48 Å². The molecule has 8 heteroatoms. The number of nitrogens with zero attached hydrogens (tertiary/aromatic N) is 4. The largest absolute Gasteiger partial charge is 0.337 e. The molecule has 0 bridgehead atoms. The maximum Gasteiger partial charge on any atom is 0.255 e. The highest BCUT2D eigenvalue weighted by atomic mass is 35.5. The van der Waals surface area contributed by atoms with Crippen molar-refractivity contribution < 1.29 is 4.79 Å². The van der Waals surface area contributed by atoms with E-state index in [1.54, 1.807) is 10.9 Å². The molecule has 2 aromatic heterocycles. The molecular weight excluding hydrogens is 325 g/mol. The number of nitrogens with two attached hydrogens (primary N) is 1. The number of hydrogen-bond donors (Lipinski definition) is 1. The number of aromatic nitrogens is 3. The lowest BCUT2D eigenvalue weighted by Gasteiger charge is -2.30. The number of piperidine rings is 1. The second-order valence-corrected chi connectivity index (χ2v) is 5.46. The van der Waals surface area contributed by atoms with E-state index in [2.05, 4.69) is 10.1 Å². The molecule has 0 aliphatic carbocycles. The molecular formula is C14H21Cl2N5O. The Bertz CT molecular complexity index is 673. The van der Waals surface area contributed by atoms with Crippen LogP contribution in [-0.2, 0) is 7.05 Å². The number of halogens is 2. The fourth-order valence-electron chi connectivity index (χ4n) is 2.80. The van der Waals surface area contributed by atoms with Gasteiger partial charge in [-0.05, 0) is 25.8 Å². The van der Waals surface area contributed by atoms with E-state index in [-0.39, 0.29) is 36.8 Å². The highest BCUT2D eigenvalue weighted by molar-refractivity contribution is 5.97. The molecule has 0 radical (unpaired) electrons. The summed E-state index contributed by atoms with van der Waals surface area (Å²) < 4.78 is 1.73. The van der Waals surface area contributed by atoms with E-state index < -0.39 is 0 Å². The van der Waals surface area contributed by atoms with Gasteiger partial charge in [-0.15, -0.1) is 24.8 Å². The van der Waals surface area contributed by atoms with Crippen molar-refractivity contribution in [3.8, 4) is 0 Å². The van der Waals surface area contributed by atoms with Crippen molar-refractivity contribution in [2.24, 2.45) is 12.8 Å². The third kappa shape index (κ3) is 3.34. The van der Waals surface area contributed by atoms with Crippen LogP contribution in [0.3, 0.4) is 0 Å². The van der Waals surface area contributed by atoms with E-state index in [1.807, 2.05) is 24.9 Å². The van der Waals surface area contributed by atoms with Gasteiger partial charge in [0.1, 0.15) is 0 Å². The summed E-state index contributed by atoms with van der Waals surface area (Å²) in [6.45, 7) is 3.33. The van der Waals surface area contributed by atoms with Gasteiger partial charge in [0.15, 0.2) is 5.65 Å². The Balaban J connectivity index is 0.00000121. The minimum atomic E-state index is 0. The van der Waals surface area contributed by atoms with Crippen LogP contribution in [0.15, 0.2) is 12.3 Å². The topological polar surface area (TPSA) is 77.0 Å². The van der Waals surface area contributed by atoms with Gasteiger partial charge in [-0.25, -0.2) is 4.98 Å². The van der Waals surface area contributed by atoms with Crippen LogP contribution in [0.2, 0.25) is 0 Å². The van der Waals surface area contributed by atoms with Crippen LogP contribution in [0, 0.1) is 6.92 Å². The minimum absolute atomic E-state index is 0. The van der Waals surface area contributed by atoms with E-state index in [1.165, 1.54) is 0 Å². The monoisotopic (exact) mass is 345 g/mol. The highest BCUT2D eigenvalue weighted by Crippen LogP contribution is 2.19. The predicted octanol–water partition coefficient (Wildman–Crippen LogP) is 1.68. The SMILES string of the molecule is Cc1nn(C)c2ncc(C(=O)N3CCCC(N)C3)cc12.Cl.Cl. The molecule has 6 nitrogen and oxygen atoms in total. The van der Waals surface area contributed by atoms with Crippen LogP contribution >= 0.6 is 24.8 Å². The number of pyridine rings is 1. The molecule has 3 heterocycles. The van der Waals surface area contributed by atoms with Crippen molar-refractivity contribution in [2.45, 2.75) is 25.8 Å². The first-order chi connectivity index (χ1) is 9.56. The second kappa shape index (κ2) is 7.26. The molecule has 2 aromatic rings. The average Bonchev–Trinajstić information content (AvgIpc) is 2.73. The molecule has 22 heavy (non-hydrogen) atoms. The summed E-state index contributed by atoms with van der Waals surface area (Å²) in [7, 11) is 1.85. The van der Waals surface area contributed by atoms with Crippen molar-refractivity contribution in [1.82, 2.24) is 19.7 Å². The lowest BCUT2D eigenvalue weighted by molar-refractivity contribution is 0.0708. The van der Waals surface area contributed by atoms with E-state index in [9.17, 15) is 4.79 Å². The Labute approximate surface area is 141 Å². The Morgan fingerprint density at radius 3 is 2.82 bits per heavy atom. The fraction of sp³-hybridized carbons (Fsp3) is 0.500. The third-order valence-corrected chi connectivity index (χ3v) is 3.85. The molecule has 1 aliphatic heterocycles. The molecule has 1 fully saturated rings. The van der Waals surface area contributed by atoms with Gasteiger partial charge in [-0.1, -0.05) is 0 Å². The molecule has 0 spiro atoms. The summed E-state index contributed by atoms with van der Waals surface area (Å²) in [4.78, 5) is 18.7. The summed E-state index contributed by atoms with van der Waals surface area (Å²) in [5.41, 5.74) is 8.24. The van der Waals surface area contributed by atoms with Gasteiger partial charge >= 0.3 is 0 Å². The number of amides is 1. The van der Waals surface area contributed by atoms with Gasteiger partial charge in [0.25, 0.3) is 5.91 Å². The molecule has 0 aromatic carbocycles. The molecule has 1 amide bonds. The van der Waals surface area contributed by atoms with Crippen LogP contribution in [0.4, 0.5) is 0 Å². The first kappa shape index (κ1) is 18.7.